The van der Waals surface area contributed by atoms with Gasteiger partial charge in [0, 0.05) is 38.1 Å². The second-order valence-electron chi connectivity index (χ2n) is 13.5. The second kappa shape index (κ2) is 11.0. The Kier molecular flexibility index (Phi) is 6.13. The van der Waals surface area contributed by atoms with Crippen molar-refractivity contribution in [2.75, 3.05) is 0 Å². The maximum Gasteiger partial charge on any atom is 0.228 e. The second-order valence-corrected chi connectivity index (χ2v) is 13.5. The standard InChI is InChI=1S/C48H29NO3/c1-28-44(46-35-22-19-33(29-11-4-2-5-12-29)27-43(35)52-48(46)49-47(28)30-13-6-3-7-14-30)36-16-10-18-42-45(36)38-26-32(21-24-41(38)51-42)31-20-23-40-37(25-31)34-15-8-9-17-39(34)50-40/h2-27H,1H3. The summed E-state index contributed by atoms with van der Waals surface area (Å²) < 4.78 is 19.4. The molecule has 0 spiro atoms. The molecule has 0 fully saturated rings. The first-order valence-electron chi connectivity index (χ1n) is 17.5. The summed E-state index contributed by atoms with van der Waals surface area (Å²) in [4.78, 5) is 5.20. The number of nitrogens with zero attached hydrogens (tertiary/aromatic N) is 1. The van der Waals surface area contributed by atoms with Crippen LogP contribution in [0.4, 0.5) is 0 Å². The van der Waals surface area contributed by atoms with Gasteiger partial charge >= 0.3 is 0 Å². The number of fused-ring (bicyclic) bond motifs is 9. The third-order valence-corrected chi connectivity index (χ3v) is 10.5. The minimum atomic E-state index is 0.616. The summed E-state index contributed by atoms with van der Waals surface area (Å²) in [7, 11) is 0. The highest BCUT2D eigenvalue weighted by Crippen LogP contribution is 2.46. The first-order chi connectivity index (χ1) is 25.7. The zero-order valence-corrected chi connectivity index (χ0v) is 28.2. The molecule has 0 unspecified atom stereocenters. The van der Waals surface area contributed by atoms with Crippen LogP contribution in [0, 0.1) is 6.92 Å². The van der Waals surface area contributed by atoms with Gasteiger partial charge in [0.1, 0.15) is 27.9 Å². The largest absolute Gasteiger partial charge is 0.456 e. The average molecular weight is 668 g/mol. The molecule has 0 bridgehead atoms. The Morgan fingerprint density at radius 1 is 0.385 bits per heavy atom. The van der Waals surface area contributed by atoms with Gasteiger partial charge in [-0.3, -0.25) is 0 Å². The molecule has 0 aliphatic carbocycles. The molecule has 0 saturated carbocycles. The molecule has 244 valence electrons. The molecular formula is C48H29NO3. The summed E-state index contributed by atoms with van der Waals surface area (Å²) in [5.74, 6) is 0. The molecule has 4 aromatic heterocycles. The summed E-state index contributed by atoms with van der Waals surface area (Å²) in [5, 5.41) is 6.39. The van der Waals surface area contributed by atoms with Gasteiger partial charge in [0.15, 0.2) is 0 Å². The van der Waals surface area contributed by atoms with Crippen LogP contribution in [0.1, 0.15) is 5.56 Å². The Morgan fingerprint density at radius 3 is 1.81 bits per heavy atom. The van der Waals surface area contributed by atoms with Crippen LogP contribution in [-0.4, -0.2) is 4.98 Å². The van der Waals surface area contributed by atoms with E-state index in [1.165, 1.54) is 0 Å². The smallest absolute Gasteiger partial charge is 0.228 e. The summed E-state index contributed by atoms with van der Waals surface area (Å²) in [6.07, 6.45) is 0. The van der Waals surface area contributed by atoms with E-state index >= 15 is 0 Å². The van der Waals surface area contributed by atoms with Crippen LogP contribution in [0.25, 0.3) is 111 Å². The Balaban J connectivity index is 1.18. The Morgan fingerprint density at radius 2 is 1.00 bits per heavy atom. The maximum absolute atomic E-state index is 6.67. The van der Waals surface area contributed by atoms with E-state index in [1.807, 2.05) is 24.3 Å². The number of pyridine rings is 1. The zero-order chi connectivity index (χ0) is 34.3. The van der Waals surface area contributed by atoms with Crippen LogP contribution < -0.4 is 0 Å². The third-order valence-electron chi connectivity index (χ3n) is 10.5. The van der Waals surface area contributed by atoms with Gasteiger partial charge in [0.25, 0.3) is 0 Å². The molecule has 0 aliphatic heterocycles. The van der Waals surface area contributed by atoms with Gasteiger partial charge in [-0.2, -0.15) is 0 Å². The van der Waals surface area contributed by atoms with Crippen LogP contribution in [0.5, 0.6) is 0 Å². The molecule has 0 aliphatic rings. The van der Waals surface area contributed by atoms with Crippen LogP contribution >= 0.6 is 0 Å². The number of hydrogen-bond donors (Lipinski definition) is 0. The number of benzene rings is 7. The van der Waals surface area contributed by atoms with Crippen molar-refractivity contribution < 1.29 is 13.3 Å². The fourth-order valence-electron chi connectivity index (χ4n) is 8.04. The first-order valence-corrected chi connectivity index (χ1v) is 17.5. The topological polar surface area (TPSA) is 52.3 Å². The van der Waals surface area contributed by atoms with Crippen molar-refractivity contribution in [3.63, 3.8) is 0 Å². The van der Waals surface area contributed by atoms with E-state index in [0.717, 1.165) is 110 Å². The monoisotopic (exact) mass is 667 g/mol. The lowest BCUT2D eigenvalue weighted by molar-refractivity contribution is 0.654. The molecule has 7 aromatic carbocycles. The van der Waals surface area contributed by atoms with Crippen LogP contribution in [0.2, 0.25) is 0 Å². The van der Waals surface area contributed by atoms with Crippen molar-refractivity contribution in [3.05, 3.63) is 163 Å². The predicted molar refractivity (Wildman–Crippen MR) is 213 cm³/mol. The lowest BCUT2D eigenvalue weighted by atomic mass is 9.90. The van der Waals surface area contributed by atoms with Crippen molar-refractivity contribution >= 4 is 65.9 Å². The fraction of sp³-hybridized carbons (Fsp3) is 0.0208. The highest BCUT2D eigenvalue weighted by atomic mass is 16.3. The molecule has 11 rings (SSSR count). The molecule has 4 heteroatoms. The average Bonchev–Trinajstić information content (AvgIpc) is 3.88. The van der Waals surface area contributed by atoms with Crippen molar-refractivity contribution in [1.29, 1.82) is 0 Å². The highest BCUT2D eigenvalue weighted by Gasteiger charge is 2.24. The van der Waals surface area contributed by atoms with Gasteiger partial charge in [-0.05, 0) is 88.8 Å². The summed E-state index contributed by atoms with van der Waals surface area (Å²) in [6, 6.07) is 54.8. The van der Waals surface area contributed by atoms with E-state index in [9.17, 15) is 0 Å². The zero-order valence-electron chi connectivity index (χ0n) is 28.2. The molecule has 0 saturated heterocycles. The summed E-state index contributed by atoms with van der Waals surface area (Å²) >= 11 is 0. The molecule has 0 N–H and O–H groups in total. The van der Waals surface area contributed by atoms with Gasteiger partial charge in [-0.15, -0.1) is 0 Å². The van der Waals surface area contributed by atoms with Crippen LogP contribution in [-0.2, 0) is 0 Å². The Labute approximate surface area is 298 Å². The number of rotatable bonds is 4. The highest BCUT2D eigenvalue weighted by molar-refractivity contribution is 6.20. The number of furan rings is 3. The summed E-state index contributed by atoms with van der Waals surface area (Å²) in [6.45, 7) is 2.18. The van der Waals surface area contributed by atoms with E-state index < -0.39 is 0 Å². The quantitative estimate of drug-likeness (QED) is 0.187. The number of hydrogen-bond acceptors (Lipinski definition) is 4. The van der Waals surface area contributed by atoms with Crippen molar-refractivity contribution in [2.24, 2.45) is 0 Å². The molecule has 4 nitrogen and oxygen atoms in total. The van der Waals surface area contributed by atoms with Gasteiger partial charge in [-0.1, -0.05) is 109 Å². The minimum absolute atomic E-state index is 0.616. The third kappa shape index (κ3) is 4.31. The Bertz CT molecular complexity index is 3180. The lowest BCUT2D eigenvalue weighted by Crippen LogP contribution is -1.94. The summed E-state index contributed by atoms with van der Waals surface area (Å²) in [5.41, 5.74) is 14.6. The minimum Gasteiger partial charge on any atom is -0.456 e. The van der Waals surface area contributed by atoms with Crippen LogP contribution in [0.15, 0.2) is 171 Å². The number of para-hydroxylation sites is 1. The van der Waals surface area contributed by atoms with Crippen LogP contribution in [0.3, 0.4) is 0 Å². The van der Waals surface area contributed by atoms with Gasteiger partial charge in [0.2, 0.25) is 5.71 Å². The van der Waals surface area contributed by atoms with Crippen molar-refractivity contribution in [1.82, 2.24) is 4.98 Å². The molecule has 0 radical (unpaired) electrons. The Hall–Kier alpha value is -6.91. The van der Waals surface area contributed by atoms with E-state index in [-0.39, 0.29) is 0 Å². The molecular weight excluding hydrogens is 639 g/mol. The molecule has 52 heavy (non-hydrogen) atoms. The fourth-order valence-corrected chi connectivity index (χ4v) is 8.04. The first kappa shape index (κ1) is 28.9. The lowest BCUT2D eigenvalue weighted by Gasteiger charge is -2.14. The van der Waals surface area contributed by atoms with E-state index in [2.05, 4.69) is 140 Å². The van der Waals surface area contributed by atoms with Gasteiger partial charge in [0.05, 0.1) is 11.1 Å². The maximum atomic E-state index is 6.67. The van der Waals surface area contributed by atoms with Gasteiger partial charge < -0.3 is 13.3 Å². The molecule has 0 amide bonds. The predicted octanol–water partition coefficient (Wildman–Crippen LogP) is 13.8. The molecule has 0 atom stereocenters. The van der Waals surface area contributed by atoms with Gasteiger partial charge in [-0.25, -0.2) is 4.98 Å². The SMILES string of the molecule is Cc1c(-c2ccccc2)nc2oc3cc(-c4ccccc4)ccc3c2c1-c1cccc2oc3ccc(-c4ccc5oc6ccccc6c5c4)cc3c12. The normalized spacial score (nSPS) is 11.9. The van der Waals surface area contributed by atoms with E-state index in [0.29, 0.717) is 5.71 Å². The van der Waals surface area contributed by atoms with E-state index in [1.54, 1.807) is 0 Å². The number of aromatic nitrogens is 1. The molecule has 11 aromatic rings. The van der Waals surface area contributed by atoms with E-state index in [4.69, 9.17) is 18.2 Å². The van der Waals surface area contributed by atoms with Crippen molar-refractivity contribution in [2.45, 2.75) is 6.92 Å². The van der Waals surface area contributed by atoms with Crippen molar-refractivity contribution in [3.8, 4) is 44.6 Å². The molecule has 4 heterocycles.